The summed E-state index contributed by atoms with van der Waals surface area (Å²) in [4.78, 5) is 13.4. The van der Waals surface area contributed by atoms with Crippen LogP contribution < -0.4 is 0 Å². The first-order valence-electron chi connectivity index (χ1n) is 8.18. The minimum absolute atomic E-state index is 0.0197. The van der Waals surface area contributed by atoms with Crippen molar-refractivity contribution in [3.63, 3.8) is 0 Å². The molecule has 3 heterocycles. The molecule has 0 radical (unpaired) electrons. The second kappa shape index (κ2) is 6.16. The van der Waals surface area contributed by atoms with E-state index >= 15 is 0 Å². The second-order valence-electron chi connectivity index (χ2n) is 6.19. The lowest BCUT2D eigenvalue weighted by atomic mass is 10.0. The lowest BCUT2D eigenvalue weighted by molar-refractivity contribution is -0.130. The van der Waals surface area contributed by atoms with Crippen molar-refractivity contribution in [2.75, 3.05) is 6.54 Å². The molecular formula is C18H18FN5O. The highest BCUT2D eigenvalue weighted by Crippen LogP contribution is 2.30. The van der Waals surface area contributed by atoms with Crippen LogP contribution in [0, 0.1) is 5.82 Å². The number of carbonyl (C=O) groups is 1. The zero-order valence-corrected chi connectivity index (χ0v) is 13.9. The fourth-order valence-corrected chi connectivity index (χ4v) is 3.20. The van der Waals surface area contributed by atoms with Gasteiger partial charge in [-0.3, -0.25) is 14.2 Å². The Morgan fingerprint density at radius 2 is 2.12 bits per heavy atom. The molecule has 0 spiro atoms. The number of hydrogen-bond donors (Lipinski definition) is 0. The minimum atomic E-state index is -0.292. The average molecular weight is 339 g/mol. The summed E-state index contributed by atoms with van der Waals surface area (Å²) in [7, 11) is 0. The summed E-state index contributed by atoms with van der Waals surface area (Å²) >= 11 is 0. The largest absolute Gasteiger partial charge is 0.335 e. The molecule has 0 N–H and O–H groups in total. The van der Waals surface area contributed by atoms with Gasteiger partial charge in [0.2, 0.25) is 5.91 Å². The molecule has 0 fully saturated rings. The van der Waals surface area contributed by atoms with Gasteiger partial charge in [-0.25, -0.2) is 4.39 Å². The Labute approximate surface area is 144 Å². The van der Waals surface area contributed by atoms with Crippen LogP contribution in [-0.4, -0.2) is 36.9 Å². The number of carbonyl (C=O) groups excluding carboxylic acids is 1. The Kier molecular flexibility index (Phi) is 3.83. The van der Waals surface area contributed by atoms with Crippen LogP contribution in [0.25, 0.3) is 11.1 Å². The van der Waals surface area contributed by atoms with Gasteiger partial charge in [0.05, 0.1) is 31.5 Å². The first-order valence-corrected chi connectivity index (χ1v) is 8.18. The molecule has 3 aromatic rings. The molecule has 1 amide bonds. The van der Waals surface area contributed by atoms with Gasteiger partial charge in [-0.05, 0) is 23.8 Å². The Morgan fingerprint density at radius 3 is 2.88 bits per heavy atom. The van der Waals surface area contributed by atoms with E-state index in [1.54, 1.807) is 35.0 Å². The predicted molar refractivity (Wildman–Crippen MR) is 90.0 cm³/mol. The fourth-order valence-electron chi connectivity index (χ4n) is 3.20. The van der Waals surface area contributed by atoms with Crippen molar-refractivity contribution < 1.29 is 9.18 Å². The van der Waals surface area contributed by atoms with E-state index in [2.05, 4.69) is 10.2 Å². The van der Waals surface area contributed by atoms with Crippen molar-refractivity contribution in [3.8, 4) is 11.1 Å². The molecule has 0 unspecified atom stereocenters. The Morgan fingerprint density at radius 1 is 1.24 bits per heavy atom. The molecule has 0 atom stereocenters. The molecule has 25 heavy (non-hydrogen) atoms. The van der Waals surface area contributed by atoms with Gasteiger partial charge in [0.25, 0.3) is 0 Å². The van der Waals surface area contributed by atoms with Gasteiger partial charge < -0.3 is 4.90 Å². The molecule has 1 aliphatic heterocycles. The van der Waals surface area contributed by atoms with Gasteiger partial charge in [0, 0.05) is 37.0 Å². The second-order valence-corrected chi connectivity index (χ2v) is 6.19. The Hall–Kier alpha value is -2.96. The van der Waals surface area contributed by atoms with Crippen molar-refractivity contribution in [2.24, 2.45) is 0 Å². The van der Waals surface area contributed by atoms with Gasteiger partial charge in [-0.2, -0.15) is 10.2 Å². The zero-order valence-electron chi connectivity index (χ0n) is 13.9. The maximum atomic E-state index is 14.5. The van der Waals surface area contributed by atoms with Gasteiger partial charge >= 0.3 is 0 Å². The lowest BCUT2D eigenvalue weighted by Gasteiger charge is -2.27. The normalized spacial score (nSPS) is 13.8. The van der Waals surface area contributed by atoms with Crippen LogP contribution in [-0.2, 0) is 24.4 Å². The number of halogens is 1. The molecule has 1 aromatic carbocycles. The van der Waals surface area contributed by atoms with Crippen molar-refractivity contribution in [2.45, 2.75) is 26.6 Å². The number of aromatic nitrogens is 4. The molecule has 2 aromatic heterocycles. The smallest absolute Gasteiger partial charge is 0.219 e. The van der Waals surface area contributed by atoms with E-state index < -0.39 is 0 Å². The molecule has 7 heteroatoms. The van der Waals surface area contributed by atoms with Crippen LogP contribution >= 0.6 is 0 Å². The molecule has 0 saturated heterocycles. The van der Waals surface area contributed by atoms with E-state index in [1.807, 2.05) is 23.0 Å². The quantitative estimate of drug-likeness (QED) is 0.736. The molecule has 0 saturated carbocycles. The molecule has 0 bridgehead atoms. The van der Waals surface area contributed by atoms with Crippen molar-refractivity contribution in [1.29, 1.82) is 0 Å². The summed E-state index contributed by atoms with van der Waals surface area (Å²) in [5.74, 6) is -0.272. The summed E-state index contributed by atoms with van der Waals surface area (Å²) in [6.45, 7) is 3.84. The minimum Gasteiger partial charge on any atom is -0.335 e. The fraction of sp³-hybridized carbons (Fsp3) is 0.278. The highest BCUT2D eigenvalue weighted by Gasteiger charge is 2.23. The topological polar surface area (TPSA) is 56.0 Å². The van der Waals surface area contributed by atoms with Gasteiger partial charge in [0.15, 0.2) is 0 Å². The molecule has 0 aliphatic carbocycles. The van der Waals surface area contributed by atoms with Crippen LogP contribution in [0.1, 0.15) is 18.2 Å². The third-order valence-electron chi connectivity index (χ3n) is 4.54. The first kappa shape index (κ1) is 15.6. The summed E-state index contributed by atoms with van der Waals surface area (Å²) < 4.78 is 18.1. The number of rotatable bonds is 3. The van der Waals surface area contributed by atoms with E-state index in [1.165, 1.54) is 6.07 Å². The average Bonchev–Trinajstić information content (AvgIpc) is 3.25. The van der Waals surface area contributed by atoms with Gasteiger partial charge in [-0.1, -0.05) is 6.07 Å². The number of hydrogen-bond acceptors (Lipinski definition) is 3. The standard InChI is InChI=1S/C18H18FN5O/c1-13(25)22-7-8-24-18(12-22)16(10-21-24)15-9-14(3-4-17(15)19)11-23-6-2-5-20-23/h2-6,9-10H,7-8,11-12H2,1H3. The van der Waals surface area contributed by atoms with Crippen LogP contribution in [0.3, 0.4) is 0 Å². The van der Waals surface area contributed by atoms with E-state index in [-0.39, 0.29) is 11.7 Å². The van der Waals surface area contributed by atoms with Crippen LogP contribution in [0.15, 0.2) is 42.9 Å². The maximum Gasteiger partial charge on any atom is 0.219 e. The number of fused-ring (bicyclic) bond motifs is 1. The molecule has 1 aliphatic rings. The van der Waals surface area contributed by atoms with E-state index in [0.29, 0.717) is 31.7 Å². The van der Waals surface area contributed by atoms with E-state index in [4.69, 9.17) is 0 Å². The third kappa shape index (κ3) is 2.93. The summed E-state index contributed by atoms with van der Waals surface area (Å²) in [6, 6.07) is 6.93. The monoisotopic (exact) mass is 339 g/mol. The lowest BCUT2D eigenvalue weighted by Crippen LogP contribution is -2.37. The highest BCUT2D eigenvalue weighted by atomic mass is 19.1. The van der Waals surface area contributed by atoms with Crippen molar-refractivity contribution in [1.82, 2.24) is 24.5 Å². The number of nitrogens with zero attached hydrogens (tertiary/aromatic N) is 5. The van der Waals surface area contributed by atoms with Crippen LogP contribution in [0.4, 0.5) is 4.39 Å². The zero-order chi connectivity index (χ0) is 17.4. The Balaban J connectivity index is 1.71. The third-order valence-corrected chi connectivity index (χ3v) is 4.54. The van der Waals surface area contributed by atoms with E-state index in [0.717, 1.165) is 16.8 Å². The molecule has 6 nitrogen and oxygen atoms in total. The van der Waals surface area contributed by atoms with Gasteiger partial charge in [0.1, 0.15) is 5.82 Å². The first-order chi connectivity index (χ1) is 12.1. The van der Waals surface area contributed by atoms with Crippen molar-refractivity contribution in [3.05, 3.63) is 59.9 Å². The Bertz CT molecular complexity index is 916. The molecular weight excluding hydrogens is 321 g/mol. The summed E-state index contributed by atoms with van der Waals surface area (Å²) in [6.07, 6.45) is 5.28. The summed E-state index contributed by atoms with van der Waals surface area (Å²) in [5.41, 5.74) is 3.08. The SMILES string of the molecule is CC(=O)N1CCn2ncc(-c3cc(Cn4cccn4)ccc3F)c2C1. The number of amides is 1. The predicted octanol–water partition coefficient (Wildman–Crippen LogP) is 2.30. The van der Waals surface area contributed by atoms with E-state index in [9.17, 15) is 9.18 Å². The molecule has 128 valence electrons. The highest BCUT2D eigenvalue weighted by molar-refractivity contribution is 5.74. The van der Waals surface area contributed by atoms with Crippen LogP contribution in [0.2, 0.25) is 0 Å². The summed E-state index contributed by atoms with van der Waals surface area (Å²) in [5, 5.41) is 8.56. The molecule has 4 rings (SSSR count). The van der Waals surface area contributed by atoms with Gasteiger partial charge in [-0.15, -0.1) is 0 Å². The van der Waals surface area contributed by atoms with Crippen molar-refractivity contribution >= 4 is 5.91 Å². The number of benzene rings is 1. The maximum absolute atomic E-state index is 14.5. The van der Waals surface area contributed by atoms with Crippen LogP contribution in [0.5, 0.6) is 0 Å².